The number of esters is 1. The lowest BCUT2D eigenvalue weighted by Crippen LogP contribution is -2.35. The predicted molar refractivity (Wildman–Crippen MR) is 111 cm³/mol. The van der Waals surface area contributed by atoms with Gasteiger partial charge in [0.2, 0.25) is 10.0 Å². The standard InChI is InChI=1S/C21H21N3O6S/c1-29-18-10-7-15(13-19(18)31(27,28)23-16-8-9-16)21(26)30-14-20(25)24(12-11-22)17-5-3-2-4-6-17/h2-7,10,13,16,23H,8-9,12,14H2,1H3. The quantitative estimate of drug-likeness (QED) is 0.463. The van der Waals surface area contributed by atoms with Gasteiger partial charge in [0.05, 0.1) is 18.7 Å². The van der Waals surface area contributed by atoms with Crippen molar-refractivity contribution in [2.75, 3.05) is 25.2 Å². The first-order chi connectivity index (χ1) is 14.9. The van der Waals surface area contributed by atoms with E-state index in [-0.39, 0.29) is 28.8 Å². The van der Waals surface area contributed by atoms with E-state index in [1.807, 2.05) is 6.07 Å². The minimum absolute atomic E-state index is 0.0451. The molecule has 1 aliphatic rings. The van der Waals surface area contributed by atoms with E-state index >= 15 is 0 Å². The number of amides is 1. The van der Waals surface area contributed by atoms with Crippen LogP contribution >= 0.6 is 0 Å². The molecular weight excluding hydrogens is 422 g/mol. The second-order valence-corrected chi connectivity index (χ2v) is 8.49. The van der Waals surface area contributed by atoms with Crippen LogP contribution in [-0.2, 0) is 19.6 Å². The minimum atomic E-state index is -3.88. The van der Waals surface area contributed by atoms with E-state index in [1.54, 1.807) is 30.3 Å². The Hall–Kier alpha value is -3.42. The Morgan fingerprint density at radius 1 is 1.19 bits per heavy atom. The van der Waals surface area contributed by atoms with E-state index in [0.29, 0.717) is 5.69 Å². The molecule has 10 heteroatoms. The zero-order chi connectivity index (χ0) is 22.4. The molecule has 0 unspecified atom stereocenters. The Labute approximate surface area is 180 Å². The highest BCUT2D eigenvalue weighted by atomic mass is 32.2. The number of methoxy groups -OCH3 is 1. The number of nitriles is 1. The van der Waals surface area contributed by atoms with Crippen molar-refractivity contribution < 1.29 is 27.5 Å². The van der Waals surface area contributed by atoms with Gasteiger partial charge in [-0.2, -0.15) is 5.26 Å². The summed E-state index contributed by atoms with van der Waals surface area (Å²) in [6, 6.07) is 14.2. The molecule has 1 aliphatic carbocycles. The number of carbonyl (C=O) groups is 2. The SMILES string of the molecule is COc1ccc(C(=O)OCC(=O)N(CC#N)c2ccccc2)cc1S(=O)(=O)NC1CC1. The second-order valence-electron chi connectivity index (χ2n) is 6.81. The van der Waals surface area contributed by atoms with Crippen LogP contribution in [0, 0.1) is 11.3 Å². The Kier molecular flexibility index (Phi) is 6.89. The molecule has 0 saturated heterocycles. The number of para-hydroxylation sites is 1. The topological polar surface area (TPSA) is 126 Å². The molecule has 9 nitrogen and oxygen atoms in total. The van der Waals surface area contributed by atoms with E-state index in [1.165, 1.54) is 24.1 Å². The molecule has 0 radical (unpaired) electrons. The highest BCUT2D eigenvalue weighted by Crippen LogP contribution is 2.28. The Bertz CT molecular complexity index is 1110. The fraction of sp³-hybridized carbons (Fsp3) is 0.286. The molecule has 0 aliphatic heterocycles. The number of anilines is 1. The predicted octanol–water partition coefficient (Wildman–Crippen LogP) is 1.85. The van der Waals surface area contributed by atoms with E-state index in [0.717, 1.165) is 18.9 Å². The van der Waals surface area contributed by atoms with Crippen LogP contribution in [0.2, 0.25) is 0 Å². The maximum Gasteiger partial charge on any atom is 0.338 e. The fourth-order valence-corrected chi connectivity index (χ4v) is 4.29. The molecule has 0 heterocycles. The monoisotopic (exact) mass is 443 g/mol. The molecule has 31 heavy (non-hydrogen) atoms. The van der Waals surface area contributed by atoms with Crippen molar-refractivity contribution in [2.45, 2.75) is 23.8 Å². The van der Waals surface area contributed by atoms with Gasteiger partial charge < -0.3 is 9.47 Å². The molecule has 0 bridgehead atoms. The summed E-state index contributed by atoms with van der Waals surface area (Å²) >= 11 is 0. The van der Waals surface area contributed by atoms with Crippen LogP contribution in [0.4, 0.5) is 5.69 Å². The van der Waals surface area contributed by atoms with Gasteiger partial charge in [-0.05, 0) is 43.2 Å². The van der Waals surface area contributed by atoms with Crippen molar-refractivity contribution in [3.05, 3.63) is 54.1 Å². The molecule has 2 aromatic rings. The molecule has 2 aromatic carbocycles. The van der Waals surface area contributed by atoms with Crippen LogP contribution in [0.1, 0.15) is 23.2 Å². The van der Waals surface area contributed by atoms with Gasteiger partial charge in [0.25, 0.3) is 5.91 Å². The molecule has 1 N–H and O–H groups in total. The first-order valence-corrected chi connectivity index (χ1v) is 10.9. The van der Waals surface area contributed by atoms with E-state index < -0.39 is 28.5 Å². The van der Waals surface area contributed by atoms with Gasteiger partial charge >= 0.3 is 5.97 Å². The molecule has 0 aromatic heterocycles. The Morgan fingerprint density at radius 2 is 1.90 bits per heavy atom. The number of rotatable bonds is 9. The van der Waals surface area contributed by atoms with Crippen molar-refractivity contribution in [1.82, 2.24) is 4.72 Å². The van der Waals surface area contributed by atoms with Crippen LogP contribution in [0.3, 0.4) is 0 Å². The normalized spacial score (nSPS) is 13.2. The van der Waals surface area contributed by atoms with Gasteiger partial charge in [0.1, 0.15) is 17.2 Å². The molecule has 0 spiro atoms. The van der Waals surface area contributed by atoms with Crippen molar-refractivity contribution >= 4 is 27.6 Å². The van der Waals surface area contributed by atoms with Crippen molar-refractivity contribution in [3.63, 3.8) is 0 Å². The summed E-state index contributed by atoms with van der Waals surface area (Å²) in [5, 5.41) is 9.00. The van der Waals surface area contributed by atoms with E-state index in [2.05, 4.69) is 4.72 Å². The maximum atomic E-state index is 12.6. The molecule has 162 valence electrons. The lowest BCUT2D eigenvalue weighted by Gasteiger charge is -2.19. The second kappa shape index (κ2) is 9.59. The molecular formula is C21H21N3O6S. The van der Waals surface area contributed by atoms with Gasteiger partial charge in [0, 0.05) is 11.7 Å². The third kappa shape index (κ3) is 5.59. The number of carbonyl (C=O) groups excluding carboxylic acids is 2. The highest BCUT2D eigenvalue weighted by Gasteiger charge is 2.30. The molecule has 1 amide bonds. The summed E-state index contributed by atoms with van der Waals surface area (Å²) in [7, 11) is -2.55. The number of nitrogens with one attached hydrogen (secondary N) is 1. The summed E-state index contributed by atoms with van der Waals surface area (Å²) in [4.78, 5) is 26.0. The fourth-order valence-electron chi connectivity index (χ4n) is 2.79. The van der Waals surface area contributed by atoms with Crippen LogP contribution in [0.25, 0.3) is 0 Å². The van der Waals surface area contributed by atoms with Crippen LogP contribution < -0.4 is 14.4 Å². The zero-order valence-electron chi connectivity index (χ0n) is 16.8. The van der Waals surface area contributed by atoms with Crippen LogP contribution in [-0.4, -0.2) is 46.6 Å². The van der Waals surface area contributed by atoms with E-state index in [9.17, 15) is 18.0 Å². The van der Waals surface area contributed by atoms with Gasteiger partial charge in [-0.15, -0.1) is 0 Å². The highest BCUT2D eigenvalue weighted by molar-refractivity contribution is 7.89. The summed E-state index contributed by atoms with van der Waals surface area (Å²) in [6.45, 7) is -0.817. The average Bonchev–Trinajstić information content (AvgIpc) is 3.59. The summed E-state index contributed by atoms with van der Waals surface area (Å²) in [5.74, 6) is -1.37. The molecule has 1 fully saturated rings. The molecule has 3 rings (SSSR count). The number of benzene rings is 2. The molecule has 0 atom stereocenters. The van der Waals surface area contributed by atoms with Gasteiger partial charge in [-0.3, -0.25) is 9.69 Å². The van der Waals surface area contributed by atoms with Crippen molar-refractivity contribution in [1.29, 1.82) is 5.26 Å². The third-order valence-corrected chi connectivity index (χ3v) is 6.05. The number of nitrogens with zero attached hydrogens (tertiary/aromatic N) is 2. The Morgan fingerprint density at radius 3 is 2.52 bits per heavy atom. The van der Waals surface area contributed by atoms with Gasteiger partial charge in [0.15, 0.2) is 6.61 Å². The third-order valence-electron chi connectivity index (χ3n) is 4.51. The van der Waals surface area contributed by atoms with Gasteiger partial charge in [-0.1, -0.05) is 18.2 Å². The Balaban J connectivity index is 1.73. The summed E-state index contributed by atoms with van der Waals surface area (Å²) in [6.07, 6.45) is 1.51. The average molecular weight is 443 g/mol. The number of hydrogen-bond acceptors (Lipinski definition) is 7. The maximum absolute atomic E-state index is 12.6. The molecule has 1 saturated carbocycles. The number of hydrogen-bond donors (Lipinski definition) is 1. The van der Waals surface area contributed by atoms with Gasteiger partial charge in [-0.25, -0.2) is 17.9 Å². The van der Waals surface area contributed by atoms with Crippen molar-refractivity contribution in [3.8, 4) is 11.8 Å². The summed E-state index contributed by atoms with van der Waals surface area (Å²) in [5.41, 5.74) is 0.449. The minimum Gasteiger partial charge on any atom is -0.495 e. The van der Waals surface area contributed by atoms with E-state index in [4.69, 9.17) is 14.7 Å². The number of sulfonamides is 1. The first-order valence-electron chi connectivity index (χ1n) is 9.45. The smallest absolute Gasteiger partial charge is 0.338 e. The first kappa shape index (κ1) is 22.3. The lowest BCUT2D eigenvalue weighted by molar-refractivity contribution is -0.121. The number of ether oxygens (including phenoxy) is 2. The van der Waals surface area contributed by atoms with Crippen LogP contribution in [0.15, 0.2) is 53.4 Å². The summed E-state index contributed by atoms with van der Waals surface area (Å²) < 4.78 is 37.9. The zero-order valence-corrected chi connectivity index (χ0v) is 17.6. The van der Waals surface area contributed by atoms with Crippen molar-refractivity contribution in [2.24, 2.45) is 0 Å². The largest absolute Gasteiger partial charge is 0.495 e. The van der Waals surface area contributed by atoms with Crippen LogP contribution in [0.5, 0.6) is 5.75 Å². The lowest BCUT2D eigenvalue weighted by atomic mass is 10.2.